The third-order valence-electron chi connectivity index (χ3n) is 5.42. The Morgan fingerprint density at radius 1 is 1.20 bits per heavy atom. The van der Waals surface area contributed by atoms with Crippen molar-refractivity contribution in [2.45, 2.75) is 39.2 Å². The number of rotatable bonds is 8. The first-order valence-electron chi connectivity index (χ1n) is 10.1. The van der Waals surface area contributed by atoms with Crippen molar-refractivity contribution in [3.63, 3.8) is 0 Å². The van der Waals surface area contributed by atoms with Gasteiger partial charge in [0, 0.05) is 0 Å². The molecule has 1 aliphatic carbocycles. The van der Waals surface area contributed by atoms with E-state index in [0.29, 0.717) is 19.4 Å². The molecule has 0 radical (unpaired) electrons. The maximum atomic E-state index is 13.1. The summed E-state index contributed by atoms with van der Waals surface area (Å²) in [6.07, 6.45) is 1.64. The van der Waals surface area contributed by atoms with E-state index in [0.717, 1.165) is 38.5 Å². The monoisotopic (exact) mass is 424 g/mol. The van der Waals surface area contributed by atoms with Crippen LogP contribution in [0.4, 0.5) is 0 Å². The summed E-state index contributed by atoms with van der Waals surface area (Å²) in [5, 5.41) is 13.2. The molecular weight excluding hydrogens is 400 g/mol. The molecular formula is C23H24N2O4S. The van der Waals surface area contributed by atoms with Gasteiger partial charge in [-0.25, -0.2) is 4.98 Å². The molecule has 1 aliphatic rings. The number of ether oxygens (including phenoxy) is 1. The highest BCUT2D eigenvalue weighted by Gasteiger charge is 2.45. The molecule has 156 valence electrons. The lowest BCUT2D eigenvalue weighted by atomic mass is 9.80. The van der Waals surface area contributed by atoms with Gasteiger partial charge in [-0.1, -0.05) is 31.2 Å². The minimum atomic E-state index is -0.961. The van der Waals surface area contributed by atoms with E-state index in [1.54, 1.807) is 0 Å². The number of carboxylic acids is 1. The molecule has 0 atom stereocenters. The summed E-state index contributed by atoms with van der Waals surface area (Å²) in [7, 11) is 0. The Morgan fingerprint density at radius 2 is 1.93 bits per heavy atom. The number of thiazole rings is 1. The zero-order valence-electron chi connectivity index (χ0n) is 16.8. The molecule has 0 saturated carbocycles. The van der Waals surface area contributed by atoms with Crippen molar-refractivity contribution in [3.05, 3.63) is 58.6 Å². The van der Waals surface area contributed by atoms with Gasteiger partial charge in [-0.05, 0) is 48.6 Å². The second kappa shape index (κ2) is 8.44. The molecule has 7 heteroatoms. The van der Waals surface area contributed by atoms with Crippen molar-refractivity contribution in [2.24, 2.45) is 5.41 Å². The molecule has 3 aromatic rings. The Bertz CT molecular complexity index is 1070. The molecule has 6 nitrogen and oxygen atoms in total. The standard InChI is InChI=1S/C23H24N2O4S/c1-2-9-29-17-7-8-18-19(10-17)30-20(25-18)14-24-22(28)23(13-21(26)27)11-15-5-3-4-6-16(15)12-23/h3-8,10H,2,9,11-14H2,1H3,(H,24,28)(H,26,27). The summed E-state index contributed by atoms with van der Waals surface area (Å²) in [6.45, 7) is 3.01. The average Bonchev–Trinajstić information content (AvgIpc) is 3.30. The third-order valence-corrected chi connectivity index (χ3v) is 6.44. The van der Waals surface area contributed by atoms with E-state index in [-0.39, 0.29) is 18.9 Å². The van der Waals surface area contributed by atoms with E-state index < -0.39 is 11.4 Å². The van der Waals surface area contributed by atoms with Crippen LogP contribution in [0.15, 0.2) is 42.5 Å². The number of nitrogens with one attached hydrogen (secondary N) is 1. The van der Waals surface area contributed by atoms with Crippen LogP contribution >= 0.6 is 11.3 Å². The van der Waals surface area contributed by atoms with Crippen LogP contribution in [0.25, 0.3) is 10.2 Å². The Labute approximate surface area is 178 Å². The predicted molar refractivity (Wildman–Crippen MR) is 116 cm³/mol. The first kappa shape index (κ1) is 20.3. The number of nitrogens with zero attached hydrogens (tertiary/aromatic N) is 1. The fourth-order valence-corrected chi connectivity index (χ4v) is 4.97. The number of amides is 1. The smallest absolute Gasteiger partial charge is 0.304 e. The number of benzene rings is 2. The molecule has 0 spiro atoms. The van der Waals surface area contributed by atoms with Gasteiger partial charge in [0.25, 0.3) is 0 Å². The van der Waals surface area contributed by atoms with Crippen molar-refractivity contribution >= 4 is 33.4 Å². The fraction of sp³-hybridized carbons (Fsp3) is 0.348. The number of carboxylic acid groups (broad SMARTS) is 1. The minimum absolute atomic E-state index is 0.189. The number of carbonyl (C=O) groups excluding carboxylic acids is 1. The second-order valence-electron chi connectivity index (χ2n) is 7.74. The molecule has 0 aliphatic heterocycles. The van der Waals surface area contributed by atoms with Crippen molar-refractivity contribution < 1.29 is 19.4 Å². The maximum absolute atomic E-state index is 13.1. The molecule has 0 bridgehead atoms. The number of hydrogen-bond donors (Lipinski definition) is 2. The van der Waals surface area contributed by atoms with Crippen molar-refractivity contribution in [3.8, 4) is 5.75 Å². The van der Waals surface area contributed by atoms with Crippen molar-refractivity contribution in [1.82, 2.24) is 10.3 Å². The summed E-state index contributed by atoms with van der Waals surface area (Å²) in [4.78, 5) is 29.2. The molecule has 30 heavy (non-hydrogen) atoms. The maximum Gasteiger partial charge on any atom is 0.304 e. The van der Waals surface area contributed by atoms with Crippen LogP contribution in [-0.4, -0.2) is 28.6 Å². The third kappa shape index (κ3) is 4.16. The van der Waals surface area contributed by atoms with Crippen LogP contribution in [-0.2, 0) is 29.0 Å². The van der Waals surface area contributed by atoms with E-state index in [2.05, 4.69) is 17.2 Å². The van der Waals surface area contributed by atoms with Gasteiger partial charge in [-0.15, -0.1) is 11.3 Å². The van der Waals surface area contributed by atoms with E-state index in [1.165, 1.54) is 11.3 Å². The van der Waals surface area contributed by atoms with Gasteiger partial charge < -0.3 is 15.2 Å². The van der Waals surface area contributed by atoms with E-state index in [9.17, 15) is 14.7 Å². The van der Waals surface area contributed by atoms with E-state index in [1.807, 2.05) is 42.5 Å². The molecule has 0 unspecified atom stereocenters. The van der Waals surface area contributed by atoms with Gasteiger partial charge in [-0.2, -0.15) is 0 Å². The number of aromatic nitrogens is 1. The van der Waals surface area contributed by atoms with Crippen molar-refractivity contribution in [2.75, 3.05) is 6.61 Å². The van der Waals surface area contributed by atoms with Gasteiger partial charge in [0.05, 0.1) is 35.2 Å². The lowest BCUT2D eigenvalue weighted by Crippen LogP contribution is -2.43. The van der Waals surface area contributed by atoms with Crippen LogP contribution < -0.4 is 10.1 Å². The quantitative estimate of drug-likeness (QED) is 0.571. The number of carbonyl (C=O) groups is 2. The summed E-state index contributed by atoms with van der Waals surface area (Å²) < 4.78 is 6.67. The molecule has 4 rings (SSSR count). The Kier molecular flexibility index (Phi) is 5.72. The van der Waals surface area contributed by atoms with Crippen molar-refractivity contribution in [1.29, 1.82) is 0 Å². The highest BCUT2D eigenvalue weighted by Crippen LogP contribution is 2.40. The molecule has 1 amide bonds. The van der Waals surface area contributed by atoms with Gasteiger partial charge in [-0.3, -0.25) is 9.59 Å². The van der Waals surface area contributed by atoms with E-state index >= 15 is 0 Å². The first-order valence-corrected chi connectivity index (χ1v) is 10.9. The first-order chi connectivity index (χ1) is 14.5. The van der Waals surface area contributed by atoms with Crippen LogP contribution in [0.1, 0.15) is 35.9 Å². The number of hydrogen-bond acceptors (Lipinski definition) is 5. The molecule has 1 heterocycles. The van der Waals surface area contributed by atoms with Crippen LogP contribution in [0.5, 0.6) is 5.75 Å². The van der Waals surface area contributed by atoms with Gasteiger partial charge in [0.15, 0.2) is 0 Å². The largest absolute Gasteiger partial charge is 0.494 e. The molecule has 2 N–H and O–H groups in total. The highest BCUT2D eigenvalue weighted by atomic mass is 32.1. The minimum Gasteiger partial charge on any atom is -0.494 e. The fourth-order valence-electron chi connectivity index (χ4n) is 4.03. The van der Waals surface area contributed by atoms with Gasteiger partial charge >= 0.3 is 5.97 Å². The topological polar surface area (TPSA) is 88.5 Å². The predicted octanol–water partition coefficient (Wildman–Crippen LogP) is 3.96. The van der Waals surface area contributed by atoms with Crippen LogP contribution in [0.3, 0.4) is 0 Å². The SMILES string of the molecule is CCCOc1ccc2nc(CNC(=O)C3(CC(=O)O)Cc4ccccc4C3)sc2c1. The summed E-state index contributed by atoms with van der Waals surface area (Å²) in [6, 6.07) is 13.6. The lowest BCUT2D eigenvalue weighted by molar-refractivity contribution is -0.145. The number of aliphatic carboxylic acids is 1. The number of fused-ring (bicyclic) bond motifs is 2. The zero-order valence-corrected chi connectivity index (χ0v) is 17.6. The molecule has 2 aromatic carbocycles. The Balaban J connectivity index is 1.48. The average molecular weight is 425 g/mol. The van der Waals surface area contributed by atoms with Gasteiger partial charge in [0.1, 0.15) is 10.8 Å². The van der Waals surface area contributed by atoms with Gasteiger partial charge in [0.2, 0.25) is 5.91 Å². The normalized spacial score (nSPS) is 14.4. The second-order valence-corrected chi connectivity index (χ2v) is 8.86. The zero-order chi connectivity index (χ0) is 21.1. The molecule has 0 fully saturated rings. The Morgan fingerprint density at radius 3 is 2.60 bits per heavy atom. The van der Waals surface area contributed by atoms with E-state index in [4.69, 9.17) is 4.74 Å². The molecule has 0 saturated heterocycles. The summed E-state index contributed by atoms with van der Waals surface area (Å²) in [5.74, 6) is -0.377. The van der Waals surface area contributed by atoms with Crippen LogP contribution in [0.2, 0.25) is 0 Å². The highest BCUT2D eigenvalue weighted by molar-refractivity contribution is 7.18. The lowest BCUT2D eigenvalue weighted by Gasteiger charge is -2.25. The summed E-state index contributed by atoms with van der Waals surface area (Å²) >= 11 is 1.51. The molecule has 1 aromatic heterocycles. The Hall–Kier alpha value is -2.93. The summed E-state index contributed by atoms with van der Waals surface area (Å²) in [5.41, 5.74) is 2.01. The van der Waals surface area contributed by atoms with Crippen LogP contribution in [0, 0.1) is 5.41 Å².